The van der Waals surface area contributed by atoms with E-state index in [2.05, 4.69) is 10.0 Å². The summed E-state index contributed by atoms with van der Waals surface area (Å²) >= 11 is 0. The number of carboxylic acids is 1. The molecule has 0 saturated carbocycles. The Hall–Kier alpha value is -3.86. The van der Waals surface area contributed by atoms with Crippen LogP contribution in [0.15, 0.2) is 48.0 Å². The number of sulfonamides is 1. The molecule has 0 atom stereocenters. The number of ether oxygens (including phenoxy) is 4. The van der Waals surface area contributed by atoms with E-state index in [4.69, 9.17) is 24.1 Å². The highest BCUT2D eigenvalue weighted by atomic mass is 32.2. The van der Waals surface area contributed by atoms with Gasteiger partial charge in [0.05, 0.1) is 50.8 Å². The molecular formula is C21H24N2O8S. The van der Waals surface area contributed by atoms with Gasteiger partial charge in [0, 0.05) is 24.4 Å². The molecule has 10 nitrogen and oxygen atoms in total. The SMILES string of the molecule is COc1cc(OC)c(/C=C/S(=O)(=O)Nc2ccc(OC)c(NC=CC(=O)O)c2)c(OC)c1. The number of aliphatic carboxylic acids is 1. The fourth-order valence-corrected chi connectivity index (χ4v) is 3.48. The molecule has 0 saturated heterocycles. The molecule has 0 radical (unpaired) electrons. The van der Waals surface area contributed by atoms with Gasteiger partial charge in [-0.2, -0.15) is 0 Å². The fraction of sp³-hybridized carbons (Fsp3) is 0.190. The summed E-state index contributed by atoms with van der Waals surface area (Å²) in [6.07, 6.45) is 3.44. The smallest absolute Gasteiger partial charge is 0.329 e. The highest BCUT2D eigenvalue weighted by molar-refractivity contribution is 7.95. The number of carboxylic acid groups (broad SMARTS) is 1. The van der Waals surface area contributed by atoms with Gasteiger partial charge in [-0.25, -0.2) is 13.2 Å². The molecule has 2 aromatic carbocycles. The zero-order valence-electron chi connectivity index (χ0n) is 17.9. The first-order chi connectivity index (χ1) is 15.2. The predicted octanol–water partition coefficient (Wildman–Crippen LogP) is 3.14. The summed E-state index contributed by atoms with van der Waals surface area (Å²) in [7, 11) is 1.90. The Kier molecular flexibility index (Phi) is 8.36. The van der Waals surface area contributed by atoms with E-state index in [1.807, 2.05) is 0 Å². The Morgan fingerprint density at radius 3 is 2.09 bits per heavy atom. The van der Waals surface area contributed by atoms with Gasteiger partial charge in [-0.05, 0) is 24.3 Å². The fourth-order valence-electron chi connectivity index (χ4n) is 2.64. The second-order valence-electron chi connectivity index (χ2n) is 6.13. The van der Waals surface area contributed by atoms with Gasteiger partial charge in [-0.15, -0.1) is 0 Å². The van der Waals surface area contributed by atoms with Crippen molar-refractivity contribution in [2.45, 2.75) is 0 Å². The molecule has 0 aliphatic carbocycles. The molecule has 3 N–H and O–H groups in total. The predicted molar refractivity (Wildman–Crippen MR) is 121 cm³/mol. The van der Waals surface area contributed by atoms with E-state index in [1.165, 1.54) is 58.9 Å². The summed E-state index contributed by atoms with van der Waals surface area (Å²) in [6.45, 7) is 0. The number of hydrogen-bond donors (Lipinski definition) is 3. The normalized spacial score (nSPS) is 11.4. The van der Waals surface area contributed by atoms with E-state index in [1.54, 1.807) is 12.1 Å². The minimum absolute atomic E-state index is 0.232. The average molecular weight is 464 g/mol. The van der Waals surface area contributed by atoms with E-state index in [9.17, 15) is 13.2 Å². The summed E-state index contributed by atoms with van der Waals surface area (Å²) in [6, 6.07) is 7.71. The van der Waals surface area contributed by atoms with Crippen LogP contribution in [0.1, 0.15) is 5.56 Å². The zero-order valence-corrected chi connectivity index (χ0v) is 18.7. The first kappa shape index (κ1) is 24.4. The number of hydrogen-bond acceptors (Lipinski definition) is 8. The van der Waals surface area contributed by atoms with Crippen molar-refractivity contribution < 1.29 is 37.3 Å². The molecule has 0 aliphatic heterocycles. The van der Waals surface area contributed by atoms with Crippen LogP contribution >= 0.6 is 0 Å². The number of rotatable bonds is 11. The largest absolute Gasteiger partial charge is 0.496 e. The number of anilines is 2. The van der Waals surface area contributed by atoms with E-state index >= 15 is 0 Å². The molecule has 32 heavy (non-hydrogen) atoms. The number of methoxy groups -OCH3 is 4. The van der Waals surface area contributed by atoms with Gasteiger partial charge in [0.1, 0.15) is 23.0 Å². The Labute approximate surface area is 186 Å². The molecule has 11 heteroatoms. The van der Waals surface area contributed by atoms with Crippen molar-refractivity contribution in [1.29, 1.82) is 0 Å². The zero-order chi connectivity index (χ0) is 23.7. The first-order valence-electron chi connectivity index (χ1n) is 9.08. The summed E-state index contributed by atoms with van der Waals surface area (Å²) in [5, 5.41) is 12.4. The molecule has 0 aliphatic rings. The minimum atomic E-state index is -3.92. The first-order valence-corrected chi connectivity index (χ1v) is 10.6. The van der Waals surface area contributed by atoms with Crippen LogP contribution in [-0.2, 0) is 14.8 Å². The maximum atomic E-state index is 12.6. The summed E-state index contributed by atoms with van der Waals surface area (Å²) in [5.74, 6) is 0.490. The van der Waals surface area contributed by atoms with E-state index in [0.29, 0.717) is 34.2 Å². The van der Waals surface area contributed by atoms with E-state index in [-0.39, 0.29) is 5.69 Å². The Bertz CT molecular complexity index is 1100. The Morgan fingerprint density at radius 1 is 0.938 bits per heavy atom. The molecule has 172 valence electrons. The molecule has 2 rings (SSSR count). The van der Waals surface area contributed by atoms with Crippen LogP contribution in [0.4, 0.5) is 11.4 Å². The lowest BCUT2D eigenvalue weighted by Gasteiger charge is -2.13. The summed E-state index contributed by atoms with van der Waals surface area (Å²) in [4.78, 5) is 10.6. The Morgan fingerprint density at radius 2 is 1.56 bits per heavy atom. The molecule has 0 unspecified atom stereocenters. The lowest BCUT2D eigenvalue weighted by Crippen LogP contribution is -2.09. The highest BCUT2D eigenvalue weighted by Crippen LogP contribution is 2.35. The number of benzene rings is 2. The van der Waals surface area contributed by atoms with Crippen LogP contribution in [0, 0.1) is 0 Å². The second kappa shape index (κ2) is 11.0. The third-order valence-corrected chi connectivity index (χ3v) is 5.11. The Balaban J connectivity index is 2.31. The molecule has 2 aromatic rings. The van der Waals surface area contributed by atoms with E-state index in [0.717, 1.165) is 11.5 Å². The van der Waals surface area contributed by atoms with Gasteiger partial charge in [0.2, 0.25) is 0 Å². The monoisotopic (exact) mass is 464 g/mol. The van der Waals surface area contributed by atoms with Crippen LogP contribution in [0.3, 0.4) is 0 Å². The number of carbonyl (C=O) groups is 1. The lowest BCUT2D eigenvalue weighted by atomic mass is 10.1. The van der Waals surface area contributed by atoms with Crippen molar-refractivity contribution in [3.63, 3.8) is 0 Å². The summed E-state index contributed by atoms with van der Waals surface area (Å²) < 4.78 is 48.7. The van der Waals surface area contributed by atoms with Crippen LogP contribution in [0.25, 0.3) is 6.08 Å². The molecule has 0 heterocycles. The van der Waals surface area contributed by atoms with Crippen LogP contribution < -0.4 is 29.0 Å². The van der Waals surface area contributed by atoms with Crippen molar-refractivity contribution in [3.8, 4) is 23.0 Å². The average Bonchev–Trinajstić information content (AvgIpc) is 2.76. The maximum Gasteiger partial charge on any atom is 0.329 e. The topological polar surface area (TPSA) is 132 Å². The third-order valence-electron chi connectivity index (χ3n) is 4.09. The molecule has 0 amide bonds. The van der Waals surface area contributed by atoms with E-state index < -0.39 is 16.0 Å². The van der Waals surface area contributed by atoms with Crippen molar-refractivity contribution in [2.75, 3.05) is 38.5 Å². The van der Waals surface area contributed by atoms with Gasteiger partial charge in [-0.1, -0.05) is 0 Å². The summed E-state index contributed by atoms with van der Waals surface area (Å²) in [5.41, 5.74) is 1.01. The van der Waals surface area contributed by atoms with Crippen LogP contribution in [0.2, 0.25) is 0 Å². The molecule has 0 aromatic heterocycles. The molecular weight excluding hydrogens is 440 g/mol. The van der Waals surface area contributed by atoms with Gasteiger partial charge < -0.3 is 29.4 Å². The lowest BCUT2D eigenvalue weighted by molar-refractivity contribution is -0.131. The van der Waals surface area contributed by atoms with Gasteiger partial charge in [0.25, 0.3) is 10.0 Å². The molecule has 0 spiro atoms. The standard InChI is InChI=1S/C21H24N2O8S/c1-28-15-12-19(30-3)16(20(13-15)31-4)8-10-32(26,27)23-14-5-6-18(29-2)17(11-14)22-9-7-21(24)25/h5-13,22-23H,1-4H3,(H,24,25)/b9-7?,10-8+. The van der Waals surface area contributed by atoms with Gasteiger partial charge in [0.15, 0.2) is 0 Å². The molecule has 0 fully saturated rings. The maximum absolute atomic E-state index is 12.6. The van der Waals surface area contributed by atoms with Crippen LogP contribution in [-0.4, -0.2) is 47.9 Å². The minimum Gasteiger partial charge on any atom is -0.496 e. The van der Waals surface area contributed by atoms with Crippen molar-refractivity contribution in [3.05, 3.63) is 53.6 Å². The van der Waals surface area contributed by atoms with Crippen molar-refractivity contribution >= 4 is 33.4 Å². The quantitative estimate of drug-likeness (QED) is 0.429. The van der Waals surface area contributed by atoms with Gasteiger partial charge in [-0.3, -0.25) is 4.72 Å². The third kappa shape index (κ3) is 6.57. The van der Waals surface area contributed by atoms with Crippen molar-refractivity contribution in [1.82, 2.24) is 0 Å². The highest BCUT2D eigenvalue weighted by Gasteiger charge is 2.14. The van der Waals surface area contributed by atoms with Crippen molar-refractivity contribution in [2.24, 2.45) is 0 Å². The van der Waals surface area contributed by atoms with Crippen LogP contribution in [0.5, 0.6) is 23.0 Å². The van der Waals surface area contributed by atoms with Gasteiger partial charge >= 0.3 is 5.97 Å². The number of nitrogens with one attached hydrogen (secondary N) is 2. The second-order valence-corrected chi connectivity index (χ2v) is 7.69. The molecule has 0 bridgehead atoms.